The largest absolute Gasteiger partial charge is 0.385 e. The zero-order valence-electron chi connectivity index (χ0n) is 17.6. The molecule has 0 aliphatic heterocycles. The lowest BCUT2D eigenvalue weighted by molar-refractivity contribution is 0.191. The second-order valence-electron chi connectivity index (χ2n) is 7.52. The average molecular weight is 407 g/mol. The van der Waals surface area contributed by atoms with E-state index in [-0.39, 0.29) is 11.5 Å². The Hall–Kier alpha value is -3.33. The van der Waals surface area contributed by atoms with Crippen molar-refractivity contribution in [3.8, 4) is 0 Å². The van der Waals surface area contributed by atoms with Gasteiger partial charge in [0.1, 0.15) is 6.33 Å². The van der Waals surface area contributed by atoms with Gasteiger partial charge < -0.3 is 14.6 Å². The number of aryl methyl sites for hydroxylation is 2. The number of methoxy groups -OCH3 is 1. The number of anilines is 2. The van der Waals surface area contributed by atoms with Crippen LogP contribution in [0.25, 0.3) is 16.7 Å². The van der Waals surface area contributed by atoms with Crippen LogP contribution in [0.2, 0.25) is 0 Å². The van der Waals surface area contributed by atoms with Crippen LogP contribution in [0.5, 0.6) is 0 Å². The molecule has 156 valence electrons. The van der Waals surface area contributed by atoms with Crippen molar-refractivity contribution in [1.29, 1.82) is 0 Å². The number of nitrogens with zero attached hydrogens (tertiary/aromatic N) is 6. The molecule has 4 rings (SSSR count). The van der Waals surface area contributed by atoms with Crippen molar-refractivity contribution in [2.75, 3.05) is 19.0 Å². The molecule has 0 saturated heterocycles. The first-order chi connectivity index (χ1) is 14.5. The minimum Gasteiger partial charge on any atom is -0.385 e. The zero-order chi connectivity index (χ0) is 21.3. The summed E-state index contributed by atoms with van der Waals surface area (Å²) in [5.74, 6) is 0.640. The number of aromatic nitrogens is 6. The van der Waals surface area contributed by atoms with Crippen molar-refractivity contribution in [3.05, 3.63) is 52.3 Å². The van der Waals surface area contributed by atoms with Crippen LogP contribution in [0.3, 0.4) is 0 Å². The highest BCUT2D eigenvalue weighted by Gasteiger charge is 2.16. The molecule has 0 saturated carbocycles. The Morgan fingerprint density at radius 2 is 2.10 bits per heavy atom. The highest BCUT2D eigenvalue weighted by molar-refractivity contribution is 5.79. The highest BCUT2D eigenvalue weighted by atomic mass is 16.5. The third-order valence-electron chi connectivity index (χ3n) is 5.40. The summed E-state index contributed by atoms with van der Waals surface area (Å²) in [6.45, 7) is 4.80. The van der Waals surface area contributed by atoms with Crippen LogP contribution in [0, 0.1) is 6.92 Å². The van der Waals surface area contributed by atoms with E-state index in [2.05, 4.69) is 27.3 Å². The van der Waals surface area contributed by atoms with Gasteiger partial charge in [-0.15, -0.1) is 0 Å². The van der Waals surface area contributed by atoms with E-state index < -0.39 is 0 Å². The van der Waals surface area contributed by atoms with E-state index >= 15 is 0 Å². The maximum absolute atomic E-state index is 12.5. The second kappa shape index (κ2) is 8.19. The lowest BCUT2D eigenvalue weighted by atomic mass is 9.95. The summed E-state index contributed by atoms with van der Waals surface area (Å²) >= 11 is 0. The molecule has 9 heteroatoms. The molecule has 4 aromatic heterocycles. The molecule has 0 amide bonds. The lowest BCUT2D eigenvalue weighted by Gasteiger charge is -2.16. The standard InChI is InChI=1S/C21H25N7O2/c1-13(6-5-7-30-4)15-9-19(29)27(3)17-10-22-21(26-20(15)17)25-16-11-28-18(8-14(16)2)23-12-24-28/h8-13H,5-7H2,1-4H3,(H,22,25,26). The fourth-order valence-electron chi connectivity index (χ4n) is 3.58. The fraction of sp³-hybridized carbons (Fsp3) is 0.381. The van der Waals surface area contributed by atoms with E-state index in [0.717, 1.165) is 40.8 Å². The molecule has 1 N–H and O–H groups in total. The molecule has 0 bridgehead atoms. The Kier molecular flexibility index (Phi) is 5.45. The van der Waals surface area contributed by atoms with Crippen LogP contribution in [0.1, 0.15) is 36.8 Å². The predicted molar refractivity (Wildman–Crippen MR) is 115 cm³/mol. The number of hydrogen-bond acceptors (Lipinski definition) is 7. The molecular weight excluding hydrogens is 382 g/mol. The van der Waals surface area contributed by atoms with Gasteiger partial charge in [-0.3, -0.25) is 4.79 Å². The minimum atomic E-state index is -0.0621. The highest BCUT2D eigenvalue weighted by Crippen LogP contribution is 2.27. The third kappa shape index (κ3) is 3.76. The van der Waals surface area contributed by atoms with Crippen molar-refractivity contribution in [2.24, 2.45) is 7.05 Å². The van der Waals surface area contributed by atoms with E-state index in [1.54, 1.807) is 35.5 Å². The average Bonchev–Trinajstić information content (AvgIpc) is 3.18. The van der Waals surface area contributed by atoms with Crippen molar-refractivity contribution in [2.45, 2.75) is 32.6 Å². The molecule has 30 heavy (non-hydrogen) atoms. The molecule has 4 aromatic rings. The summed E-state index contributed by atoms with van der Waals surface area (Å²) in [4.78, 5) is 25.9. The Bertz CT molecular complexity index is 1260. The van der Waals surface area contributed by atoms with Gasteiger partial charge >= 0.3 is 0 Å². The molecule has 1 atom stereocenters. The van der Waals surface area contributed by atoms with Gasteiger partial charge in [0, 0.05) is 26.8 Å². The molecule has 0 aliphatic rings. The quantitative estimate of drug-likeness (QED) is 0.470. The predicted octanol–water partition coefficient (Wildman–Crippen LogP) is 2.95. The van der Waals surface area contributed by atoms with Crippen LogP contribution >= 0.6 is 0 Å². The van der Waals surface area contributed by atoms with Gasteiger partial charge in [-0.25, -0.2) is 19.5 Å². The number of fused-ring (bicyclic) bond motifs is 2. The van der Waals surface area contributed by atoms with Gasteiger partial charge in [-0.05, 0) is 42.9 Å². The van der Waals surface area contributed by atoms with Crippen molar-refractivity contribution in [3.63, 3.8) is 0 Å². The number of hydrogen-bond donors (Lipinski definition) is 1. The van der Waals surface area contributed by atoms with E-state index in [4.69, 9.17) is 9.72 Å². The van der Waals surface area contributed by atoms with Crippen molar-refractivity contribution >= 4 is 28.3 Å². The van der Waals surface area contributed by atoms with Gasteiger partial charge in [-0.2, -0.15) is 5.10 Å². The van der Waals surface area contributed by atoms with Gasteiger partial charge in [0.05, 0.1) is 29.1 Å². The van der Waals surface area contributed by atoms with Crippen molar-refractivity contribution in [1.82, 2.24) is 29.1 Å². The lowest BCUT2D eigenvalue weighted by Crippen LogP contribution is -2.19. The number of pyridine rings is 2. The summed E-state index contributed by atoms with van der Waals surface area (Å²) in [6.07, 6.45) is 6.90. The van der Waals surface area contributed by atoms with Gasteiger partial charge in [0.2, 0.25) is 5.95 Å². The molecule has 9 nitrogen and oxygen atoms in total. The first-order valence-electron chi connectivity index (χ1n) is 9.90. The molecule has 0 fully saturated rings. The van der Waals surface area contributed by atoms with Crippen molar-refractivity contribution < 1.29 is 4.74 Å². The van der Waals surface area contributed by atoms with Gasteiger partial charge in [0.15, 0.2) is 5.65 Å². The van der Waals surface area contributed by atoms with E-state index in [0.29, 0.717) is 18.1 Å². The summed E-state index contributed by atoms with van der Waals surface area (Å²) in [5.41, 5.74) is 4.98. The third-order valence-corrected chi connectivity index (χ3v) is 5.40. The Morgan fingerprint density at radius 1 is 1.27 bits per heavy atom. The number of nitrogens with one attached hydrogen (secondary N) is 1. The molecule has 0 spiro atoms. The normalized spacial score (nSPS) is 12.5. The topological polar surface area (TPSA) is 99.2 Å². The van der Waals surface area contributed by atoms with Crippen LogP contribution in [0.4, 0.5) is 11.6 Å². The van der Waals surface area contributed by atoms with Crippen LogP contribution in [-0.2, 0) is 11.8 Å². The first-order valence-corrected chi connectivity index (χ1v) is 9.90. The molecule has 1 unspecified atom stereocenters. The number of rotatable bonds is 7. The number of ether oxygens (including phenoxy) is 1. The summed E-state index contributed by atoms with van der Waals surface area (Å²) < 4.78 is 8.45. The zero-order valence-corrected chi connectivity index (χ0v) is 17.6. The summed E-state index contributed by atoms with van der Waals surface area (Å²) in [6, 6.07) is 3.63. The molecule has 0 aliphatic carbocycles. The van der Waals surface area contributed by atoms with Crippen LogP contribution < -0.4 is 10.9 Å². The summed E-state index contributed by atoms with van der Waals surface area (Å²) in [5, 5.41) is 7.46. The maximum Gasteiger partial charge on any atom is 0.251 e. The smallest absolute Gasteiger partial charge is 0.251 e. The van der Waals surface area contributed by atoms with Gasteiger partial charge in [0.25, 0.3) is 5.56 Å². The molecule has 0 aromatic carbocycles. The first kappa shape index (κ1) is 20.0. The maximum atomic E-state index is 12.5. The van der Waals surface area contributed by atoms with Gasteiger partial charge in [-0.1, -0.05) is 6.92 Å². The molecule has 4 heterocycles. The van der Waals surface area contributed by atoms with Crippen LogP contribution in [0.15, 0.2) is 35.6 Å². The monoisotopic (exact) mass is 407 g/mol. The Labute approximate surface area is 173 Å². The van der Waals surface area contributed by atoms with E-state index in [9.17, 15) is 4.79 Å². The summed E-state index contributed by atoms with van der Waals surface area (Å²) in [7, 11) is 3.44. The SMILES string of the molecule is COCCCC(C)c1cc(=O)n(C)c2cnc(Nc3cn4ncnc4cc3C)nc12. The van der Waals surface area contributed by atoms with E-state index in [1.165, 1.54) is 6.33 Å². The fourth-order valence-corrected chi connectivity index (χ4v) is 3.58. The second-order valence-corrected chi connectivity index (χ2v) is 7.52. The minimum absolute atomic E-state index is 0.0621. The Morgan fingerprint density at radius 3 is 2.90 bits per heavy atom. The molecular formula is C21H25N7O2. The van der Waals surface area contributed by atoms with Crippen LogP contribution in [-0.4, -0.2) is 42.8 Å². The molecule has 0 radical (unpaired) electrons. The Balaban J connectivity index is 1.74. The van der Waals surface area contributed by atoms with E-state index in [1.807, 2.05) is 19.2 Å².